The number of nitrogens with one attached hydrogen (secondary N) is 1. The first-order valence-electron chi connectivity index (χ1n) is 8.29. The van der Waals surface area contributed by atoms with E-state index in [0.29, 0.717) is 22.7 Å². The van der Waals surface area contributed by atoms with E-state index in [4.69, 9.17) is 5.11 Å². The smallest absolute Gasteiger partial charge is 0.253 e. The van der Waals surface area contributed by atoms with Crippen LogP contribution in [0.1, 0.15) is 36.0 Å². The number of amides is 1. The highest BCUT2D eigenvalue weighted by Gasteiger charge is 2.22. The van der Waals surface area contributed by atoms with Crippen molar-refractivity contribution in [2.24, 2.45) is 5.92 Å². The largest absolute Gasteiger partial charge is 0.396 e. The zero-order valence-corrected chi connectivity index (χ0v) is 13.4. The van der Waals surface area contributed by atoms with Gasteiger partial charge in [0, 0.05) is 24.4 Å². The highest BCUT2D eigenvalue weighted by atomic mass is 19.1. The average Bonchev–Trinajstić information content (AvgIpc) is 2.62. The Bertz CT molecular complexity index is 695. The van der Waals surface area contributed by atoms with Gasteiger partial charge in [-0.1, -0.05) is 12.1 Å². The first-order chi connectivity index (χ1) is 11.7. The minimum atomic E-state index is -0.311. The summed E-state index contributed by atoms with van der Waals surface area (Å²) >= 11 is 0. The molecule has 0 spiro atoms. The summed E-state index contributed by atoms with van der Waals surface area (Å²) in [5.74, 6) is -0.0827. The summed E-state index contributed by atoms with van der Waals surface area (Å²) in [6, 6.07) is 9.82. The summed E-state index contributed by atoms with van der Waals surface area (Å²) in [6.07, 6.45) is 5.20. The van der Waals surface area contributed by atoms with Crippen LogP contribution in [0.5, 0.6) is 0 Å². The number of halogens is 1. The van der Waals surface area contributed by atoms with Gasteiger partial charge in [-0.15, -0.1) is 0 Å². The molecule has 4 nitrogen and oxygen atoms in total. The maximum absolute atomic E-state index is 13.3. The number of carbonyl (C=O) groups is 1. The van der Waals surface area contributed by atoms with Crippen molar-refractivity contribution in [1.82, 2.24) is 10.3 Å². The van der Waals surface area contributed by atoms with Crippen molar-refractivity contribution < 1.29 is 14.3 Å². The molecule has 0 atom stereocenters. The molecule has 3 rings (SSSR count). The maximum atomic E-state index is 13.3. The quantitative estimate of drug-likeness (QED) is 0.906. The zero-order chi connectivity index (χ0) is 16.9. The lowest BCUT2D eigenvalue weighted by molar-refractivity contribution is 0.0913. The minimum Gasteiger partial charge on any atom is -0.396 e. The topological polar surface area (TPSA) is 62.2 Å². The van der Waals surface area contributed by atoms with Crippen LogP contribution in [-0.4, -0.2) is 28.6 Å². The first-order valence-corrected chi connectivity index (χ1v) is 8.29. The molecule has 1 aromatic heterocycles. The van der Waals surface area contributed by atoms with Crippen LogP contribution >= 0.6 is 0 Å². The Kier molecular flexibility index (Phi) is 5.20. The van der Waals surface area contributed by atoms with Gasteiger partial charge < -0.3 is 10.4 Å². The van der Waals surface area contributed by atoms with Gasteiger partial charge >= 0.3 is 0 Å². The van der Waals surface area contributed by atoms with Crippen LogP contribution in [0.3, 0.4) is 0 Å². The predicted molar refractivity (Wildman–Crippen MR) is 89.9 cm³/mol. The number of aliphatic hydroxyl groups excluding tert-OH is 1. The Morgan fingerprint density at radius 3 is 2.62 bits per heavy atom. The van der Waals surface area contributed by atoms with E-state index in [1.165, 1.54) is 18.3 Å². The average molecular weight is 328 g/mol. The Labute approximate surface area is 140 Å². The zero-order valence-electron chi connectivity index (χ0n) is 13.4. The van der Waals surface area contributed by atoms with Gasteiger partial charge in [-0.05, 0) is 55.9 Å². The van der Waals surface area contributed by atoms with Gasteiger partial charge in [-0.25, -0.2) is 4.39 Å². The van der Waals surface area contributed by atoms with E-state index in [0.717, 1.165) is 25.7 Å². The van der Waals surface area contributed by atoms with Crippen molar-refractivity contribution in [1.29, 1.82) is 0 Å². The molecule has 0 bridgehead atoms. The molecule has 126 valence electrons. The molecule has 1 aromatic carbocycles. The van der Waals surface area contributed by atoms with Crippen LogP contribution < -0.4 is 5.32 Å². The lowest BCUT2D eigenvalue weighted by Crippen LogP contribution is -2.38. The summed E-state index contributed by atoms with van der Waals surface area (Å²) in [7, 11) is 0. The number of carbonyl (C=O) groups excluding carboxylic acids is 1. The van der Waals surface area contributed by atoms with Crippen LogP contribution in [0.25, 0.3) is 11.3 Å². The van der Waals surface area contributed by atoms with Crippen molar-refractivity contribution in [2.75, 3.05) is 6.61 Å². The van der Waals surface area contributed by atoms with E-state index in [1.807, 2.05) is 0 Å². The number of aromatic nitrogens is 1. The molecule has 1 saturated carbocycles. The highest BCUT2D eigenvalue weighted by molar-refractivity contribution is 5.94. The monoisotopic (exact) mass is 328 g/mol. The van der Waals surface area contributed by atoms with E-state index in [2.05, 4.69) is 10.3 Å². The van der Waals surface area contributed by atoms with Gasteiger partial charge in [0.15, 0.2) is 0 Å². The Morgan fingerprint density at radius 1 is 1.21 bits per heavy atom. The molecule has 24 heavy (non-hydrogen) atoms. The third-order valence-electron chi connectivity index (χ3n) is 4.59. The molecule has 1 amide bonds. The fraction of sp³-hybridized carbons (Fsp3) is 0.368. The number of benzene rings is 1. The van der Waals surface area contributed by atoms with Crippen LogP contribution in [0.2, 0.25) is 0 Å². The minimum absolute atomic E-state index is 0.138. The lowest BCUT2D eigenvalue weighted by Gasteiger charge is -2.27. The fourth-order valence-electron chi connectivity index (χ4n) is 3.10. The second-order valence-electron chi connectivity index (χ2n) is 6.32. The molecule has 0 aliphatic heterocycles. The van der Waals surface area contributed by atoms with Gasteiger partial charge in [0.2, 0.25) is 0 Å². The third-order valence-corrected chi connectivity index (χ3v) is 4.59. The van der Waals surface area contributed by atoms with Crippen LogP contribution in [0.4, 0.5) is 4.39 Å². The van der Waals surface area contributed by atoms with E-state index in [-0.39, 0.29) is 24.4 Å². The van der Waals surface area contributed by atoms with E-state index >= 15 is 0 Å². The second kappa shape index (κ2) is 7.53. The van der Waals surface area contributed by atoms with Crippen LogP contribution in [-0.2, 0) is 0 Å². The number of pyridine rings is 1. The van der Waals surface area contributed by atoms with Crippen LogP contribution in [0.15, 0.2) is 42.6 Å². The number of aliphatic hydroxyl groups is 1. The number of nitrogens with zero attached hydrogens (tertiary/aromatic N) is 1. The molecule has 0 radical (unpaired) electrons. The fourth-order valence-corrected chi connectivity index (χ4v) is 3.10. The Morgan fingerprint density at radius 2 is 2.00 bits per heavy atom. The molecular weight excluding hydrogens is 307 g/mol. The standard InChI is InChI=1S/C19H21FN2O2/c20-16-3-1-2-14(10-16)18-9-6-15(11-21-18)19(24)22-17-7-4-13(12-23)5-8-17/h1-3,6,9-11,13,17,23H,4-5,7-8,12H2,(H,22,24)/t13-,17-. The molecule has 1 aliphatic rings. The molecule has 0 unspecified atom stereocenters. The maximum Gasteiger partial charge on any atom is 0.253 e. The van der Waals surface area contributed by atoms with Crippen molar-refractivity contribution >= 4 is 5.91 Å². The van der Waals surface area contributed by atoms with Gasteiger partial charge in [0.25, 0.3) is 5.91 Å². The van der Waals surface area contributed by atoms with Gasteiger partial charge in [-0.2, -0.15) is 0 Å². The molecule has 0 saturated heterocycles. The van der Waals surface area contributed by atoms with Crippen LogP contribution in [0, 0.1) is 11.7 Å². The number of hydrogen-bond acceptors (Lipinski definition) is 3. The first kappa shape index (κ1) is 16.6. The van der Waals surface area contributed by atoms with Crippen molar-refractivity contribution in [3.63, 3.8) is 0 Å². The van der Waals surface area contributed by atoms with E-state index in [1.54, 1.807) is 24.3 Å². The lowest BCUT2D eigenvalue weighted by atomic mass is 9.86. The number of rotatable bonds is 4. The summed E-state index contributed by atoms with van der Waals surface area (Å²) in [5, 5.41) is 12.2. The molecule has 1 heterocycles. The summed E-state index contributed by atoms with van der Waals surface area (Å²) in [4.78, 5) is 16.6. The van der Waals surface area contributed by atoms with Crippen molar-refractivity contribution in [3.8, 4) is 11.3 Å². The predicted octanol–water partition coefficient (Wildman–Crippen LogP) is 3.17. The normalized spacial score (nSPS) is 20.6. The molecule has 5 heteroatoms. The second-order valence-corrected chi connectivity index (χ2v) is 6.32. The van der Waals surface area contributed by atoms with Gasteiger partial charge in [-0.3, -0.25) is 9.78 Å². The Hall–Kier alpha value is -2.27. The molecule has 1 aliphatic carbocycles. The summed E-state index contributed by atoms with van der Waals surface area (Å²) in [6.45, 7) is 0.228. The molecular formula is C19H21FN2O2. The molecule has 1 fully saturated rings. The van der Waals surface area contributed by atoms with Gasteiger partial charge in [0.1, 0.15) is 5.82 Å². The number of hydrogen-bond donors (Lipinski definition) is 2. The highest BCUT2D eigenvalue weighted by Crippen LogP contribution is 2.24. The SMILES string of the molecule is O=C(N[C@H]1CC[C@H](CO)CC1)c1ccc(-c2cccc(F)c2)nc1. The summed E-state index contributed by atoms with van der Waals surface area (Å²) < 4.78 is 13.3. The van der Waals surface area contributed by atoms with E-state index in [9.17, 15) is 9.18 Å². The molecule has 2 aromatic rings. The van der Waals surface area contributed by atoms with Crippen molar-refractivity contribution in [2.45, 2.75) is 31.7 Å². The van der Waals surface area contributed by atoms with Gasteiger partial charge in [0.05, 0.1) is 11.3 Å². The van der Waals surface area contributed by atoms with Crippen molar-refractivity contribution in [3.05, 3.63) is 54.0 Å². The Balaban J connectivity index is 1.62. The van der Waals surface area contributed by atoms with E-state index < -0.39 is 0 Å². The summed E-state index contributed by atoms with van der Waals surface area (Å²) in [5.41, 5.74) is 1.82. The third kappa shape index (κ3) is 3.97. The molecule has 2 N–H and O–H groups in total.